The van der Waals surface area contributed by atoms with Crippen molar-refractivity contribution in [3.8, 4) is 6.07 Å². The lowest BCUT2D eigenvalue weighted by molar-refractivity contribution is -0.193. The van der Waals surface area contributed by atoms with E-state index in [4.69, 9.17) is 25.8 Å². The van der Waals surface area contributed by atoms with Crippen LogP contribution in [-0.2, 0) is 28.6 Å². The highest BCUT2D eigenvalue weighted by Crippen LogP contribution is 2.46. The molecule has 1 saturated carbocycles. The molecular formula is C21H25ClFN4O8PS. The third-order valence-corrected chi connectivity index (χ3v) is 10.6. The second-order valence-corrected chi connectivity index (χ2v) is 14.5. The summed E-state index contributed by atoms with van der Waals surface area (Å²) < 4.78 is 69.3. The molecule has 12 nitrogen and oxygen atoms in total. The molecule has 37 heavy (non-hydrogen) atoms. The van der Waals surface area contributed by atoms with Crippen molar-refractivity contribution < 1.29 is 41.4 Å². The number of aromatic nitrogens is 2. The first-order valence-electron chi connectivity index (χ1n) is 11.4. The molecule has 4 heterocycles. The number of halogens is 2. The van der Waals surface area contributed by atoms with Crippen molar-refractivity contribution in [2.75, 3.05) is 16.6 Å². The number of rotatable bonds is 7. The van der Waals surface area contributed by atoms with Crippen LogP contribution in [-0.4, -0.2) is 75.3 Å². The van der Waals surface area contributed by atoms with Gasteiger partial charge in [-0.15, -0.1) is 0 Å². The van der Waals surface area contributed by atoms with E-state index < -0.39 is 65.2 Å². The summed E-state index contributed by atoms with van der Waals surface area (Å²) in [5.41, 5.74) is -0.476. The van der Waals surface area contributed by atoms with E-state index in [0.29, 0.717) is 29.6 Å². The van der Waals surface area contributed by atoms with Gasteiger partial charge in [0.15, 0.2) is 32.5 Å². The highest BCUT2D eigenvalue weighted by molar-refractivity contribution is 7.97. The van der Waals surface area contributed by atoms with Crippen LogP contribution in [0.25, 0.3) is 11.0 Å². The summed E-state index contributed by atoms with van der Waals surface area (Å²) in [5, 5.41) is 13.3. The zero-order chi connectivity index (χ0) is 26.9. The molecule has 0 bridgehead atoms. The number of nitrogens with one attached hydrogen (secondary N) is 1. The van der Waals surface area contributed by atoms with Gasteiger partial charge in [0.05, 0.1) is 11.4 Å². The second-order valence-electron chi connectivity index (χ2n) is 9.97. The first-order valence-corrected chi connectivity index (χ1v) is 15.4. The summed E-state index contributed by atoms with van der Waals surface area (Å²) in [4.78, 5) is 22.7. The smallest absolute Gasteiger partial charge is 0.340 e. The molecule has 2 aromatic heterocycles. The largest absolute Gasteiger partial charge is 0.380 e. The Morgan fingerprint density at radius 3 is 2.65 bits per heavy atom. The van der Waals surface area contributed by atoms with Crippen LogP contribution < -0.4 is 5.32 Å². The Hall–Kier alpha value is -1.82. The minimum Gasteiger partial charge on any atom is -0.380 e. The van der Waals surface area contributed by atoms with Gasteiger partial charge in [-0.2, -0.15) is 5.26 Å². The third kappa shape index (κ3) is 5.24. The molecule has 202 valence electrons. The molecule has 2 aliphatic heterocycles. The summed E-state index contributed by atoms with van der Waals surface area (Å²) in [7, 11) is -9.04. The maximum Gasteiger partial charge on any atom is 0.340 e. The normalized spacial score (nSPS) is 31.2. The monoisotopic (exact) mass is 578 g/mol. The molecule has 2 aromatic rings. The minimum atomic E-state index is -4.83. The lowest BCUT2D eigenvalue weighted by Crippen LogP contribution is -2.36. The first kappa shape index (κ1) is 26.8. The van der Waals surface area contributed by atoms with Gasteiger partial charge in [0.1, 0.15) is 41.8 Å². The van der Waals surface area contributed by atoms with E-state index in [9.17, 15) is 32.4 Å². The predicted octanol–water partition coefficient (Wildman–Crippen LogP) is 2.44. The second kappa shape index (κ2) is 9.14. The molecular weight excluding hydrogens is 554 g/mol. The van der Waals surface area contributed by atoms with Gasteiger partial charge in [-0.1, -0.05) is 11.6 Å². The molecule has 0 unspecified atom stereocenters. The van der Waals surface area contributed by atoms with E-state index in [-0.39, 0.29) is 16.8 Å². The number of nitrogens with zero attached hydrogens (tertiary/aromatic N) is 3. The number of hydrogen-bond acceptors (Lipinski definition) is 9. The number of hydrogen-bond donors (Lipinski definition) is 3. The third-order valence-electron chi connectivity index (χ3n) is 6.54. The fraction of sp³-hybridized carbons (Fsp3) is 0.619. The van der Waals surface area contributed by atoms with Gasteiger partial charge in [-0.3, -0.25) is 4.57 Å². The lowest BCUT2D eigenvalue weighted by atomic mass is 9.90. The number of fused-ring (bicyclic) bond motifs is 2. The molecule has 5 rings (SSSR count). The first-order chi connectivity index (χ1) is 17.2. The van der Waals surface area contributed by atoms with Crippen LogP contribution in [0.1, 0.15) is 38.5 Å². The van der Waals surface area contributed by atoms with Crippen LogP contribution in [0.5, 0.6) is 0 Å². The SMILES string of the molecule is CC1(C)O[C@@H]2[C@H](O1)[C@@H](CS(=O)(=O)CP(=O)(O)O)O[C@H]2n1ccc2c(NC3CC(F)C3)c(C#N)c(Cl)nc21. The molecule has 4 atom stereocenters. The fourth-order valence-corrected chi connectivity index (χ4v) is 8.50. The summed E-state index contributed by atoms with van der Waals surface area (Å²) in [6.07, 6.45) is -2.34. The number of pyridine rings is 1. The molecule has 0 aromatic carbocycles. The van der Waals surface area contributed by atoms with Crippen molar-refractivity contribution in [1.82, 2.24) is 9.55 Å². The van der Waals surface area contributed by atoms with Crippen molar-refractivity contribution in [1.29, 1.82) is 5.26 Å². The quantitative estimate of drug-likeness (QED) is 0.325. The van der Waals surface area contributed by atoms with Crippen LogP contribution in [0.15, 0.2) is 12.3 Å². The predicted molar refractivity (Wildman–Crippen MR) is 129 cm³/mol. The number of ether oxygens (including phenoxy) is 3. The van der Waals surface area contributed by atoms with E-state index in [1.807, 2.05) is 6.07 Å². The van der Waals surface area contributed by atoms with E-state index >= 15 is 0 Å². The highest BCUT2D eigenvalue weighted by atomic mass is 35.5. The molecule has 0 radical (unpaired) electrons. The van der Waals surface area contributed by atoms with Crippen LogP contribution in [0.2, 0.25) is 5.15 Å². The van der Waals surface area contributed by atoms with Gasteiger partial charge < -0.3 is 33.9 Å². The fourth-order valence-electron chi connectivity index (χ4n) is 5.04. The number of nitriles is 1. The van der Waals surface area contributed by atoms with Gasteiger partial charge in [0.25, 0.3) is 0 Å². The standard InChI is InChI=1S/C21H25ClFN4O8PS/c1-21(2)34-16-14(8-37(31,32)9-36(28,29)30)33-20(17(16)35-21)27-4-3-12-15(25-11-5-10(23)6-11)13(7-24)18(22)26-19(12)27/h3-4,10-11,14,16-17,20H,5-6,8-9H2,1-2H3,(H,25,26)(H2,28,29,30)/t10?,11?,14-,16-,17-,20-/m1/s1. The van der Waals surface area contributed by atoms with E-state index in [1.165, 1.54) is 0 Å². The van der Waals surface area contributed by atoms with Crippen molar-refractivity contribution in [3.63, 3.8) is 0 Å². The molecule has 0 amide bonds. The maximum atomic E-state index is 13.4. The van der Waals surface area contributed by atoms with Crippen molar-refractivity contribution in [2.45, 2.75) is 69.2 Å². The molecule has 16 heteroatoms. The zero-order valence-corrected chi connectivity index (χ0v) is 22.2. The van der Waals surface area contributed by atoms with Gasteiger partial charge in [0.2, 0.25) is 0 Å². The van der Waals surface area contributed by atoms with Crippen LogP contribution >= 0.6 is 19.2 Å². The Kier molecular flexibility index (Phi) is 6.61. The minimum absolute atomic E-state index is 0.0761. The maximum absolute atomic E-state index is 13.4. The van der Waals surface area contributed by atoms with E-state index in [2.05, 4.69) is 10.3 Å². The highest BCUT2D eigenvalue weighted by Gasteiger charge is 2.57. The molecule has 3 aliphatic rings. The Morgan fingerprint density at radius 1 is 1.35 bits per heavy atom. The van der Waals surface area contributed by atoms with Gasteiger partial charge in [0, 0.05) is 17.6 Å². The molecule has 1 aliphatic carbocycles. The summed E-state index contributed by atoms with van der Waals surface area (Å²) in [5.74, 6) is -1.77. The van der Waals surface area contributed by atoms with Crippen molar-refractivity contribution >= 4 is 45.8 Å². The molecule has 2 saturated heterocycles. The van der Waals surface area contributed by atoms with E-state index in [1.54, 1.807) is 30.7 Å². The number of alkyl halides is 1. The average Bonchev–Trinajstić information content (AvgIpc) is 3.36. The summed E-state index contributed by atoms with van der Waals surface area (Å²) >= 11 is 6.34. The van der Waals surface area contributed by atoms with Crippen LogP contribution in [0.3, 0.4) is 0 Å². The molecule has 0 spiro atoms. The number of sulfone groups is 1. The Morgan fingerprint density at radius 2 is 2.03 bits per heavy atom. The Bertz CT molecular complexity index is 1430. The van der Waals surface area contributed by atoms with Gasteiger partial charge >= 0.3 is 7.60 Å². The van der Waals surface area contributed by atoms with Crippen LogP contribution in [0, 0.1) is 11.3 Å². The van der Waals surface area contributed by atoms with Gasteiger partial charge in [-0.05, 0) is 32.8 Å². The molecule has 3 fully saturated rings. The van der Waals surface area contributed by atoms with Crippen molar-refractivity contribution in [3.05, 3.63) is 23.0 Å². The number of anilines is 1. The Balaban J connectivity index is 1.51. The van der Waals surface area contributed by atoms with Gasteiger partial charge in [-0.25, -0.2) is 17.8 Å². The zero-order valence-electron chi connectivity index (χ0n) is 19.7. The summed E-state index contributed by atoms with van der Waals surface area (Å²) in [6.45, 7) is 3.31. The van der Waals surface area contributed by atoms with Crippen molar-refractivity contribution in [2.24, 2.45) is 0 Å². The molecule has 3 N–H and O–H groups in total. The van der Waals surface area contributed by atoms with Crippen LogP contribution in [0.4, 0.5) is 10.1 Å². The Labute approximate surface area is 216 Å². The average molecular weight is 579 g/mol. The van der Waals surface area contributed by atoms with E-state index in [0.717, 1.165) is 0 Å². The summed E-state index contributed by atoms with van der Waals surface area (Å²) in [6, 6.07) is 3.55. The lowest BCUT2D eigenvalue weighted by Gasteiger charge is -2.31. The topological polar surface area (TPSA) is 173 Å².